The number of hydrogen-bond donors (Lipinski definition) is 1. The summed E-state index contributed by atoms with van der Waals surface area (Å²) in [4.78, 5) is 2.36. The predicted molar refractivity (Wildman–Crippen MR) is 67.2 cm³/mol. The summed E-state index contributed by atoms with van der Waals surface area (Å²) in [5.74, 6) is 0. The SMILES string of the molecule is CCCC(CC)(CN)N(C)Cc1ccoc1. The van der Waals surface area contributed by atoms with Crippen LogP contribution in [0.4, 0.5) is 0 Å². The minimum absolute atomic E-state index is 0.131. The first-order valence-corrected chi connectivity index (χ1v) is 6.11. The van der Waals surface area contributed by atoms with E-state index in [4.69, 9.17) is 10.2 Å². The molecule has 92 valence electrons. The lowest BCUT2D eigenvalue weighted by molar-refractivity contribution is 0.101. The van der Waals surface area contributed by atoms with E-state index in [9.17, 15) is 0 Å². The lowest BCUT2D eigenvalue weighted by atomic mass is 9.88. The molecule has 0 aliphatic carbocycles. The molecule has 3 nitrogen and oxygen atoms in total. The molecule has 1 rings (SSSR count). The van der Waals surface area contributed by atoms with E-state index in [-0.39, 0.29) is 5.54 Å². The quantitative estimate of drug-likeness (QED) is 0.774. The average Bonchev–Trinajstić information content (AvgIpc) is 2.78. The summed E-state index contributed by atoms with van der Waals surface area (Å²) < 4.78 is 5.10. The number of hydrogen-bond acceptors (Lipinski definition) is 3. The molecule has 0 radical (unpaired) electrons. The minimum atomic E-state index is 0.131. The molecule has 0 saturated heterocycles. The molecule has 0 fully saturated rings. The first-order valence-electron chi connectivity index (χ1n) is 6.11. The molecule has 1 unspecified atom stereocenters. The summed E-state index contributed by atoms with van der Waals surface area (Å²) in [6, 6.07) is 2.01. The van der Waals surface area contributed by atoms with Crippen molar-refractivity contribution >= 4 is 0 Å². The average molecular weight is 224 g/mol. The molecule has 0 aliphatic heterocycles. The maximum absolute atomic E-state index is 5.97. The van der Waals surface area contributed by atoms with Crippen molar-refractivity contribution in [3.05, 3.63) is 24.2 Å². The zero-order valence-corrected chi connectivity index (χ0v) is 10.7. The normalized spacial score (nSPS) is 15.3. The molecule has 0 amide bonds. The van der Waals surface area contributed by atoms with Gasteiger partial charge in [-0.2, -0.15) is 0 Å². The zero-order chi connectivity index (χ0) is 12.0. The fourth-order valence-electron chi connectivity index (χ4n) is 2.33. The fraction of sp³-hybridized carbons (Fsp3) is 0.692. The van der Waals surface area contributed by atoms with Gasteiger partial charge in [0.1, 0.15) is 0 Å². The molecule has 16 heavy (non-hydrogen) atoms. The van der Waals surface area contributed by atoms with Crippen LogP contribution in [0, 0.1) is 0 Å². The van der Waals surface area contributed by atoms with Crippen LogP contribution in [0.5, 0.6) is 0 Å². The van der Waals surface area contributed by atoms with Crippen LogP contribution >= 0.6 is 0 Å². The Hall–Kier alpha value is -0.800. The van der Waals surface area contributed by atoms with Gasteiger partial charge in [-0.15, -0.1) is 0 Å². The van der Waals surface area contributed by atoms with Crippen molar-refractivity contribution in [2.75, 3.05) is 13.6 Å². The predicted octanol–water partition coefficient (Wildman–Crippen LogP) is 2.62. The zero-order valence-electron chi connectivity index (χ0n) is 10.7. The molecule has 3 heteroatoms. The maximum atomic E-state index is 5.97. The van der Waals surface area contributed by atoms with Crippen molar-refractivity contribution in [1.82, 2.24) is 4.90 Å². The Bertz CT molecular complexity index is 278. The van der Waals surface area contributed by atoms with Crippen LogP contribution in [-0.4, -0.2) is 24.0 Å². The summed E-state index contributed by atoms with van der Waals surface area (Å²) in [5.41, 5.74) is 7.31. The molecule has 1 aromatic heterocycles. The summed E-state index contributed by atoms with van der Waals surface area (Å²) >= 11 is 0. The third-order valence-corrected chi connectivity index (χ3v) is 3.56. The Labute approximate surface area is 98.6 Å². The summed E-state index contributed by atoms with van der Waals surface area (Å²) in [6.07, 6.45) is 6.93. The highest BCUT2D eigenvalue weighted by Gasteiger charge is 2.30. The van der Waals surface area contributed by atoms with E-state index in [1.807, 2.05) is 6.07 Å². The summed E-state index contributed by atoms with van der Waals surface area (Å²) in [7, 11) is 2.15. The van der Waals surface area contributed by atoms with E-state index in [0.29, 0.717) is 6.54 Å². The van der Waals surface area contributed by atoms with Gasteiger partial charge in [-0.3, -0.25) is 4.90 Å². The monoisotopic (exact) mass is 224 g/mol. The maximum Gasteiger partial charge on any atom is 0.0947 e. The fourth-order valence-corrected chi connectivity index (χ4v) is 2.33. The van der Waals surface area contributed by atoms with Crippen molar-refractivity contribution in [1.29, 1.82) is 0 Å². The molecule has 1 heterocycles. The molecule has 0 aromatic carbocycles. The van der Waals surface area contributed by atoms with Gasteiger partial charge >= 0.3 is 0 Å². The number of likely N-dealkylation sites (N-methyl/N-ethyl adjacent to an activating group) is 1. The molecule has 1 atom stereocenters. The number of nitrogens with two attached hydrogens (primary N) is 1. The van der Waals surface area contributed by atoms with Crippen LogP contribution < -0.4 is 5.73 Å². The highest BCUT2D eigenvalue weighted by atomic mass is 16.3. The van der Waals surface area contributed by atoms with Crippen LogP contribution in [-0.2, 0) is 6.54 Å². The van der Waals surface area contributed by atoms with E-state index < -0.39 is 0 Å². The molecule has 0 bridgehead atoms. The van der Waals surface area contributed by atoms with Crippen molar-refractivity contribution in [2.45, 2.75) is 45.2 Å². The van der Waals surface area contributed by atoms with Gasteiger partial charge in [0.15, 0.2) is 0 Å². The van der Waals surface area contributed by atoms with Gasteiger partial charge in [-0.25, -0.2) is 0 Å². The van der Waals surface area contributed by atoms with E-state index in [1.54, 1.807) is 12.5 Å². The third-order valence-electron chi connectivity index (χ3n) is 3.56. The second kappa shape index (κ2) is 6.06. The third kappa shape index (κ3) is 2.86. The number of furan rings is 1. The standard InChI is InChI=1S/C13H24N2O/c1-4-7-13(5-2,11-14)15(3)9-12-6-8-16-10-12/h6,8,10H,4-5,7,9,11,14H2,1-3H3. The largest absolute Gasteiger partial charge is 0.472 e. The molecule has 0 saturated carbocycles. The minimum Gasteiger partial charge on any atom is -0.472 e. The summed E-state index contributed by atoms with van der Waals surface area (Å²) in [6.45, 7) is 6.05. The van der Waals surface area contributed by atoms with Crippen LogP contribution in [0.2, 0.25) is 0 Å². The van der Waals surface area contributed by atoms with Gasteiger partial charge in [0.25, 0.3) is 0 Å². The smallest absolute Gasteiger partial charge is 0.0947 e. The number of nitrogens with zero attached hydrogens (tertiary/aromatic N) is 1. The molecular weight excluding hydrogens is 200 g/mol. The van der Waals surface area contributed by atoms with Gasteiger partial charge < -0.3 is 10.2 Å². The van der Waals surface area contributed by atoms with Crippen LogP contribution in [0.3, 0.4) is 0 Å². The van der Waals surface area contributed by atoms with E-state index in [0.717, 1.165) is 19.4 Å². The second-order valence-electron chi connectivity index (χ2n) is 4.52. The topological polar surface area (TPSA) is 42.4 Å². The molecule has 0 spiro atoms. The summed E-state index contributed by atoms with van der Waals surface area (Å²) in [5, 5.41) is 0. The van der Waals surface area contributed by atoms with Crippen molar-refractivity contribution < 1.29 is 4.42 Å². The van der Waals surface area contributed by atoms with Crippen LogP contribution in [0.15, 0.2) is 23.0 Å². The van der Waals surface area contributed by atoms with Gasteiger partial charge in [-0.05, 0) is 26.0 Å². The first kappa shape index (κ1) is 13.3. The lowest BCUT2D eigenvalue weighted by Gasteiger charge is -2.40. The lowest BCUT2D eigenvalue weighted by Crippen LogP contribution is -2.51. The Morgan fingerprint density at radius 1 is 1.44 bits per heavy atom. The highest BCUT2D eigenvalue weighted by molar-refractivity contribution is 5.06. The van der Waals surface area contributed by atoms with Gasteiger partial charge in [0, 0.05) is 24.2 Å². The first-order chi connectivity index (χ1) is 7.68. The van der Waals surface area contributed by atoms with E-state index in [1.165, 1.54) is 12.0 Å². The van der Waals surface area contributed by atoms with Gasteiger partial charge in [0.2, 0.25) is 0 Å². The Kier molecular flexibility index (Phi) is 5.03. The van der Waals surface area contributed by atoms with Gasteiger partial charge in [-0.1, -0.05) is 20.3 Å². The van der Waals surface area contributed by atoms with Crippen molar-refractivity contribution in [3.8, 4) is 0 Å². The van der Waals surface area contributed by atoms with Crippen LogP contribution in [0.25, 0.3) is 0 Å². The highest BCUT2D eigenvalue weighted by Crippen LogP contribution is 2.25. The molecule has 0 aliphatic rings. The Morgan fingerprint density at radius 2 is 2.19 bits per heavy atom. The van der Waals surface area contributed by atoms with Crippen molar-refractivity contribution in [3.63, 3.8) is 0 Å². The Balaban J connectivity index is 2.70. The van der Waals surface area contributed by atoms with E-state index >= 15 is 0 Å². The van der Waals surface area contributed by atoms with Crippen molar-refractivity contribution in [2.24, 2.45) is 5.73 Å². The molecule has 2 N–H and O–H groups in total. The van der Waals surface area contributed by atoms with Gasteiger partial charge in [0.05, 0.1) is 12.5 Å². The number of rotatable bonds is 7. The molecule has 1 aromatic rings. The van der Waals surface area contributed by atoms with Crippen LogP contribution in [0.1, 0.15) is 38.7 Å². The van der Waals surface area contributed by atoms with E-state index in [2.05, 4.69) is 25.8 Å². The molecular formula is C13H24N2O. The Morgan fingerprint density at radius 3 is 2.62 bits per heavy atom. The second-order valence-corrected chi connectivity index (χ2v) is 4.52.